The topological polar surface area (TPSA) is 69.2 Å². The maximum absolute atomic E-state index is 13.0. The van der Waals surface area contributed by atoms with Crippen LogP contribution in [0.3, 0.4) is 0 Å². The van der Waals surface area contributed by atoms with Crippen LogP contribution in [-0.4, -0.2) is 81.7 Å². The fraction of sp³-hybridized carbons (Fsp3) is 0.556. The predicted molar refractivity (Wildman–Crippen MR) is 115 cm³/mol. The van der Waals surface area contributed by atoms with Gasteiger partial charge in [0, 0.05) is 40.3 Å². The number of aliphatic imine (C=N–C) groups is 1. The molecule has 1 saturated heterocycles. The van der Waals surface area contributed by atoms with Crippen molar-refractivity contribution in [3.05, 3.63) is 35.6 Å². The van der Waals surface area contributed by atoms with E-state index in [0.29, 0.717) is 19.0 Å². The summed E-state index contributed by atoms with van der Waals surface area (Å²) in [5.74, 6) is 0.267. The molecule has 2 rings (SSSR count). The second-order valence-corrected chi connectivity index (χ2v) is 6.31. The summed E-state index contributed by atoms with van der Waals surface area (Å²) in [5, 5.41) is 6.31. The minimum absolute atomic E-state index is 0. The summed E-state index contributed by atoms with van der Waals surface area (Å²) in [6, 6.07) is 6.24. The second-order valence-electron chi connectivity index (χ2n) is 6.31. The Hall–Kier alpha value is -1.46. The van der Waals surface area contributed by atoms with Crippen molar-refractivity contribution in [1.29, 1.82) is 0 Å². The largest absolute Gasteiger partial charge is 0.379 e. The standard InChI is InChI=1S/C18H28FN5O2.HI/c1-23(2)17(25)14-22-18(20-7-8-24-9-11-26-12-10-24)21-13-15-3-5-16(19)6-4-15;/h3-6H,7-14H2,1-2H3,(H2,20,21,22);1H. The van der Waals surface area contributed by atoms with E-state index in [4.69, 9.17) is 4.74 Å². The molecular formula is C18H29FIN5O2. The highest BCUT2D eigenvalue weighted by atomic mass is 127. The zero-order chi connectivity index (χ0) is 18.8. The van der Waals surface area contributed by atoms with Crippen LogP contribution in [0.2, 0.25) is 0 Å². The van der Waals surface area contributed by atoms with Gasteiger partial charge >= 0.3 is 0 Å². The molecule has 9 heteroatoms. The van der Waals surface area contributed by atoms with Crippen LogP contribution >= 0.6 is 24.0 Å². The highest BCUT2D eigenvalue weighted by Gasteiger charge is 2.10. The molecule has 0 spiro atoms. The van der Waals surface area contributed by atoms with E-state index in [9.17, 15) is 9.18 Å². The third-order valence-corrected chi connectivity index (χ3v) is 4.06. The first-order chi connectivity index (χ1) is 12.5. The fourth-order valence-electron chi connectivity index (χ4n) is 2.41. The summed E-state index contributed by atoms with van der Waals surface area (Å²) < 4.78 is 18.3. The van der Waals surface area contributed by atoms with Crippen molar-refractivity contribution in [2.75, 3.05) is 60.0 Å². The molecule has 0 radical (unpaired) electrons. The zero-order valence-corrected chi connectivity index (χ0v) is 18.2. The van der Waals surface area contributed by atoms with E-state index in [1.165, 1.54) is 17.0 Å². The molecule has 1 aromatic rings. The number of morpholine rings is 1. The normalized spacial score (nSPS) is 15.0. The molecule has 1 heterocycles. The average molecular weight is 493 g/mol. The molecule has 1 aliphatic rings. The molecule has 1 fully saturated rings. The molecular weight excluding hydrogens is 464 g/mol. The Morgan fingerprint density at radius 1 is 1.22 bits per heavy atom. The predicted octanol–water partition coefficient (Wildman–Crippen LogP) is 0.899. The van der Waals surface area contributed by atoms with Crippen LogP contribution < -0.4 is 10.6 Å². The molecule has 152 valence electrons. The molecule has 27 heavy (non-hydrogen) atoms. The van der Waals surface area contributed by atoms with Crippen molar-refractivity contribution in [2.45, 2.75) is 6.54 Å². The van der Waals surface area contributed by atoms with Gasteiger partial charge in [-0.1, -0.05) is 12.1 Å². The number of benzene rings is 1. The van der Waals surface area contributed by atoms with Gasteiger partial charge in [-0.05, 0) is 17.7 Å². The Morgan fingerprint density at radius 3 is 2.52 bits per heavy atom. The van der Waals surface area contributed by atoms with Gasteiger partial charge in [0.15, 0.2) is 5.96 Å². The van der Waals surface area contributed by atoms with Crippen LogP contribution in [0.4, 0.5) is 4.39 Å². The van der Waals surface area contributed by atoms with Gasteiger partial charge in [0.2, 0.25) is 5.91 Å². The first-order valence-corrected chi connectivity index (χ1v) is 8.81. The summed E-state index contributed by atoms with van der Waals surface area (Å²) in [5.41, 5.74) is 0.902. The van der Waals surface area contributed by atoms with Gasteiger partial charge in [-0.25, -0.2) is 9.38 Å². The Bertz CT molecular complexity index is 592. The third-order valence-electron chi connectivity index (χ3n) is 4.06. The Morgan fingerprint density at radius 2 is 1.89 bits per heavy atom. The van der Waals surface area contributed by atoms with Gasteiger partial charge in [0.25, 0.3) is 0 Å². The summed E-state index contributed by atoms with van der Waals surface area (Å²) in [6.45, 7) is 5.55. The van der Waals surface area contributed by atoms with Crippen molar-refractivity contribution in [3.8, 4) is 0 Å². The van der Waals surface area contributed by atoms with Crippen molar-refractivity contribution < 1.29 is 13.9 Å². The van der Waals surface area contributed by atoms with Crippen LogP contribution in [0.25, 0.3) is 0 Å². The number of nitrogens with zero attached hydrogens (tertiary/aromatic N) is 3. The van der Waals surface area contributed by atoms with E-state index in [1.54, 1.807) is 26.2 Å². The smallest absolute Gasteiger partial charge is 0.241 e. The van der Waals surface area contributed by atoms with E-state index in [-0.39, 0.29) is 42.2 Å². The number of hydrogen-bond acceptors (Lipinski definition) is 4. The lowest BCUT2D eigenvalue weighted by molar-refractivity contribution is -0.127. The molecule has 2 N–H and O–H groups in total. The number of carbonyl (C=O) groups is 1. The lowest BCUT2D eigenvalue weighted by Crippen LogP contribution is -2.46. The average Bonchev–Trinajstić information content (AvgIpc) is 2.65. The first-order valence-electron chi connectivity index (χ1n) is 8.81. The zero-order valence-electron chi connectivity index (χ0n) is 15.9. The molecule has 1 aromatic carbocycles. The number of hydrogen-bond donors (Lipinski definition) is 2. The third kappa shape index (κ3) is 9.34. The van der Waals surface area contributed by atoms with Crippen molar-refractivity contribution in [2.24, 2.45) is 4.99 Å². The van der Waals surface area contributed by atoms with Gasteiger partial charge in [0.05, 0.1) is 26.3 Å². The van der Waals surface area contributed by atoms with Crippen LogP contribution in [0.5, 0.6) is 0 Å². The molecule has 0 aliphatic carbocycles. The monoisotopic (exact) mass is 493 g/mol. The summed E-state index contributed by atoms with van der Waals surface area (Å²) in [6.07, 6.45) is 0. The van der Waals surface area contributed by atoms with Gasteiger partial charge in [-0.15, -0.1) is 24.0 Å². The van der Waals surface area contributed by atoms with Crippen molar-refractivity contribution in [1.82, 2.24) is 20.4 Å². The quantitative estimate of drug-likeness (QED) is 0.336. The van der Waals surface area contributed by atoms with Gasteiger partial charge in [0.1, 0.15) is 5.82 Å². The number of nitrogens with one attached hydrogen (secondary N) is 2. The minimum Gasteiger partial charge on any atom is -0.379 e. The van der Waals surface area contributed by atoms with Crippen LogP contribution in [0, 0.1) is 5.82 Å². The second kappa shape index (κ2) is 12.8. The van der Waals surface area contributed by atoms with E-state index < -0.39 is 0 Å². The summed E-state index contributed by atoms with van der Waals surface area (Å²) >= 11 is 0. The SMILES string of the molecule is CN(C)C(=O)CNC(=NCc1ccc(F)cc1)NCCN1CCOCC1.I. The number of rotatable bonds is 7. The molecule has 0 unspecified atom stereocenters. The Balaban J connectivity index is 0.00000364. The maximum atomic E-state index is 13.0. The van der Waals surface area contributed by atoms with E-state index in [1.807, 2.05) is 0 Å². The van der Waals surface area contributed by atoms with Crippen molar-refractivity contribution >= 4 is 35.8 Å². The van der Waals surface area contributed by atoms with Crippen LogP contribution in [-0.2, 0) is 16.1 Å². The number of carbonyl (C=O) groups excluding carboxylic acids is 1. The number of guanidine groups is 1. The lowest BCUT2D eigenvalue weighted by Gasteiger charge is -2.26. The minimum atomic E-state index is -0.267. The van der Waals surface area contributed by atoms with Crippen molar-refractivity contribution in [3.63, 3.8) is 0 Å². The molecule has 1 amide bonds. The Kier molecular flexibility index (Phi) is 11.2. The fourth-order valence-corrected chi connectivity index (χ4v) is 2.41. The van der Waals surface area contributed by atoms with E-state index in [2.05, 4.69) is 20.5 Å². The Labute approximate surface area is 177 Å². The molecule has 0 bridgehead atoms. The number of amides is 1. The molecule has 0 saturated carbocycles. The summed E-state index contributed by atoms with van der Waals surface area (Å²) in [7, 11) is 3.43. The van der Waals surface area contributed by atoms with Crippen LogP contribution in [0.1, 0.15) is 5.56 Å². The van der Waals surface area contributed by atoms with Gasteiger partial charge in [-0.3, -0.25) is 9.69 Å². The highest BCUT2D eigenvalue weighted by Crippen LogP contribution is 2.03. The lowest BCUT2D eigenvalue weighted by atomic mass is 10.2. The number of ether oxygens (including phenoxy) is 1. The van der Waals surface area contributed by atoms with E-state index in [0.717, 1.165) is 38.4 Å². The summed E-state index contributed by atoms with van der Waals surface area (Å²) in [4.78, 5) is 20.1. The molecule has 1 aliphatic heterocycles. The molecule has 0 atom stereocenters. The van der Waals surface area contributed by atoms with Gasteiger partial charge in [-0.2, -0.15) is 0 Å². The van der Waals surface area contributed by atoms with Crippen LogP contribution in [0.15, 0.2) is 29.3 Å². The first kappa shape index (κ1) is 23.6. The molecule has 0 aromatic heterocycles. The van der Waals surface area contributed by atoms with E-state index >= 15 is 0 Å². The highest BCUT2D eigenvalue weighted by molar-refractivity contribution is 14.0. The number of likely N-dealkylation sites (N-methyl/N-ethyl adjacent to an activating group) is 1. The molecule has 7 nitrogen and oxygen atoms in total. The number of halogens is 2. The van der Waals surface area contributed by atoms with Gasteiger partial charge < -0.3 is 20.3 Å². The maximum Gasteiger partial charge on any atom is 0.241 e.